The van der Waals surface area contributed by atoms with Gasteiger partial charge in [-0.25, -0.2) is 0 Å². The fraction of sp³-hybridized carbons (Fsp3) is 1.00. The van der Waals surface area contributed by atoms with Crippen molar-refractivity contribution in [3.63, 3.8) is 0 Å². The summed E-state index contributed by atoms with van der Waals surface area (Å²) in [4.78, 5) is 2.44. The molecule has 0 aliphatic carbocycles. The van der Waals surface area contributed by atoms with E-state index in [1.807, 2.05) is 0 Å². The summed E-state index contributed by atoms with van der Waals surface area (Å²) in [5, 5.41) is 13.0. The largest absolute Gasteiger partial charge is 0.394 e. The van der Waals surface area contributed by atoms with Crippen molar-refractivity contribution in [2.75, 3.05) is 32.8 Å². The molecule has 17 heavy (non-hydrogen) atoms. The molecule has 0 aromatic carbocycles. The minimum atomic E-state index is -0.167. The predicted octanol–water partition coefficient (Wildman–Crippen LogP) is 2.10. The second-order valence-electron chi connectivity index (χ2n) is 5.49. The zero-order chi connectivity index (χ0) is 13.3. The van der Waals surface area contributed by atoms with E-state index in [2.05, 4.69) is 44.8 Å². The molecule has 0 amide bonds. The Bertz CT molecular complexity index is 187. The van der Waals surface area contributed by atoms with Crippen LogP contribution in [-0.2, 0) is 0 Å². The Labute approximate surface area is 108 Å². The Morgan fingerprint density at radius 3 is 2.35 bits per heavy atom. The van der Waals surface area contributed by atoms with Crippen LogP contribution in [0.5, 0.6) is 0 Å². The molecule has 3 heteroatoms. The molecule has 0 heterocycles. The maximum absolute atomic E-state index is 9.56. The summed E-state index contributed by atoms with van der Waals surface area (Å²) < 4.78 is 0. The van der Waals surface area contributed by atoms with Crippen LogP contribution in [0.15, 0.2) is 0 Å². The molecule has 2 atom stereocenters. The second kappa shape index (κ2) is 8.90. The van der Waals surface area contributed by atoms with Crippen LogP contribution in [0.4, 0.5) is 0 Å². The topological polar surface area (TPSA) is 35.5 Å². The molecule has 0 fully saturated rings. The molecule has 0 aromatic heterocycles. The number of rotatable bonds is 10. The summed E-state index contributed by atoms with van der Waals surface area (Å²) in [5.74, 6) is 0.726. The van der Waals surface area contributed by atoms with Crippen LogP contribution < -0.4 is 5.32 Å². The average Bonchev–Trinajstić information content (AvgIpc) is 2.35. The normalized spacial score (nSPS) is 17.1. The highest BCUT2D eigenvalue weighted by Gasteiger charge is 2.25. The van der Waals surface area contributed by atoms with Gasteiger partial charge in [0.05, 0.1) is 12.1 Å². The van der Waals surface area contributed by atoms with Crippen LogP contribution in [-0.4, -0.2) is 48.3 Å². The predicted molar refractivity (Wildman–Crippen MR) is 75.4 cm³/mol. The van der Waals surface area contributed by atoms with Gasteiger partial charge < -0.3 is 15.3 Å². The van der Waals surface area contributed by atoms with Crippen LogP contribution in [0, 0.1) is 5.92 Å². The van der Waals surface area contributed by atoms with Gasteiger partial charge in [-0.2, -0.15) is 0 Å². The Hall–Kier alpha value is -0.120. The molecule has 0 bridgehead atoms. The molecule has 104 valence electrons. The van der Waals surface area contributed by atoms with Crippen LogP contribution in [0.2, 0.25) is 0 Å². The van der Waals surface area contributed by atoms with E-state index in [4.69, 9.17) is 0 Å². The average molecular weight is 244 g/mol. The van der Waals surface area contributed by atoms with Gasteiger partial charge in [-0.15, -0.1) is 0 Å². The smallest absolute Gasteiger partial charge is 0.0623 e. The van der Waals surface area contributed by atoms with Gasteiger partial charge in [-0.05, 0) is 32.4 Å². The summed E-state index contributed by atoms with van der Waals surface area (Å²) in [6.07, 6.45) is 2.32. The van der Waals surface area contributed by atoms with Crippen molar-refractivity contribution >= 4 is 0 Å². The number of hydrogen-bond donors (Lipinski definition) is 2. The van der Waals surface area contributed by atoms with Crippen molar-refractivity contribution in [3.8, 4) is 0 Å². The summed E-state index contributed by atoms with van der Waals surface area (Å²) >= 11 is 0. The van der Waals surface area contributed by atoms with Crippen molar-refractivity contribution in [1.82, 2.24) is 10.2 Å². The Morgan fingerprint density at radius 1 is 1.29 bits per heavy atom. The first-order valence-corrected chi connectivity index (χ1v) is 7.09. The van der Waals surface area contributed by atoms with E-state index < -0.39 is 0 Å². The van der Waals surface area contributed by atoms with Gasteiger partial charge in [0.25, 0.3) is 0 Å². The number of aliphatic hydroxyl groups excluding tert-OH is 1. The highest BCUT2D eigenvalue weighted by molar-refractivity contribution is 4.86. The van der Waals surface area contributed by atoms with E-state index in [1.165, 1.54) is 6.42 Å². The number of hydrogen-bond acceptors (Lipinski definition) is 3. The summed E-state index contributed by atoms with van der Waals surface area (Å²) in [5.41, 5.74) is -0.167. The standard InChI is InChI=1S/C14H32N2O/c1-6-9-15-14(5,12-17)11-16(8-3)10-13(4)7-2/h13,15,17H,6-12H2,1-5H3. The molecular formula is C14H32N2O. The van der Waals surface area contributed by atoms with Gasteiger partial charge in [0.15, 0.2) is 0 Å². The number of aliphatic hydroxyl groups is 1. The van der Waals surface area contributed by atoms with Gasteiger partial charge in [-0.3, -0.25) is 0 Å². The minimum absolute atomic E-state index is 0.167. The van der Waals surface area contributed by atoms with Crippen molar-refractivity contribution in [2.24, 2.45) is 5.92 Å². The van der Waals surface area contributed by atoms with Crippen molar-refractivity contribution in [2.45, 2.75) is 53.0 Å². The SMILES string of the molecule is CCCNC(C)(CO)CN(CC)CC(C)CC. The minimum Gasteiger partial charge on any atom is -0.394 e. The molecule has 2 unspecified atom stereocenters. The Balaban J connectivity index is 4.28. The number of likely N-dealkylation sites (N-methyl/N-ethyl adjacent to an activating group) is 1. The van der Waals surface area contributed by atoms with Gasteiger partial charge in [0.2, 0.25) is 0 Å². The van der Waals surface area contributed by atoms with Crippen molar-refractivity contribution < 1.29 is 5.11 Å². The van der Waals surface area contributed by atoms with Gasteiger partial charge in [0.1, 0.15) is 0 Å². The molecule has 2 N–H and O–H groups in total. The van der Waals surface area contributed by atoms with E-state index in [9.17, 15) is 5.11 Å². The van der Waals surface area contributed by atoms with E-state index in [0.29, 0.717) is 0 Å². The molecule has 0 aliphatic heterocycles. The number of nitrogens with one attached hydrogen (secondary N) is 1. The third kappa shape index (κ3) is 7.02. The first-order chi connectivity index (χ1) is 8.01. The lowest BCUT2D eigenvalue weighted by molar-refractivity contribution is 0.114. The molecule has 3 nitrogen and oxygen atoms in total. The lowest BCUT2D eigenvalue weighted by Gasteiger charge is -2.35. The molecular weight excluding hydrogens is 212 g/mol. The Kier molecular flexibility index (Phi) is 8.83. The van der Waals surface area contributed by atoms with E-state index in [0.717, 1.165) is 38.5 Å². The highest BCUT2D eigenvalue weighted by Crippen LogP contribution is 2.10. The molecule has 0 aromatic rings. The summed E-state index contributed by atoms with van der Waals surface area (Å²) in [7, 11) is 0. The summed E-state index contributed by atoms with van der Waals surface area (Å²) in [6, 6.07) is 0. The molecule has 0 aliphatic rings. The van der Waals surface area contributed by atoms with Crippen LogP contribution in [0.3, 0.4) is 0 Å². The van der Waals surface area contributed by atoms with Crippen molar-refractivity contribution in [3.05, 3.63) is 0 Å². The fourth-order valence-electron chi connectivity index (χ4n) is 1.96. The third-order valence-electron chi connectivity index (χ3n) is 3.44. The maximum Gasteiger partial charge on any atom is 0.0623 e. The van der Waals surface area contributed by atoms with E-state index in [-0.39, 0.29) is 12.1 Å². The van der Waals surface area contributed by atoms with Gasteiger partial charge >= 0.3 is 0 Å². The molecule has 0 radical (unpaired) electrons. The Morgan fingerprint density at radius 2 is 1.94 bits per heavy atom. The molecule has 0 saturated heterocycles. The third-order valence-corrected chi connectivity index (χ3v) is 3.44. The lowest BCUT2D eigenvalue weighted by atomic mass is 10.0. The summed E-state index contributed by atoms with van der Waals surface area (Å²) in [6.45, 7) is 15.2. The highest BCUT2D eigenvalue weighted by atomic mass is 16.3. The lowest BCUT2D eigenvalue weighted by Crippen LogP contribution is -2.54. The van der Waals surface area contributed by atoms with Crippen LogP contribution >= 0.6 is 0 Å². The quantitative estimate of drug-likeness (QED) is 0.618. The fourth-order valence-corrected chi connectivity index (χ4v) is 1.96. The monoisotopic (exact) mass is 244 g/mol. The molecule has 0 spiro atoms. The molecule has 0 rings (SSSR count). The maximum atomic E-state index is 9.56. The number of nitrogens with zero attached hydrogens (tertiary/aromatic N) is 1. The van der Waals surface area contributed by atoms with Gasteiger partial charge in [-0.1, -0.05) is 34.1 Å². The first-order valence-electron chi connectivity index (χ1n) is 7.09. The zero-order valence-electron chi connectivity index (χ0n) is 12.4. The second-order valence-corrected chi connectivity index (χ2v) is 5.49. The van der Waals surface area contributed by atoms with E-state index in [1.54, 1.807) is 0 Å². The zero-order valence-corrected chi connectivity index (χ0v) is 12.4. The van der Waals surface area contributed by atoms with Gasteiger partial charge in [0, 0.05) is 13.1 Å². The first kappa shape index (κ1) is 16.9. The van der Waals surface area contributed by atoms with Crippen LogP contribution in [0.25, 0.3) is 0 Å². The van der Waals surface area contributed by atoms with Crippen molar-refractivity contribution in [1.29, 1.82) is 0 Å². The van der Waals surface area contributed by atoms with E-state index >= 15 is 0 Å². The van der Waals surface area contributed by atoms with Crippen LogP contribution in [0.1, 0.15) is 47.5 Å². The molecule has 0 saturated carbocycles.